The molecule has 2 N–H and O–H groups in total. The van der Waals surface area contributed by atoms with Crippen molar-refractivity contribution < 1.29 is 14.2 Å². The zero-order valence-corrected chi connectivity index (χ0v) is 10.3. The minimum atomic E-state index is -0.303. The van der Waals surface area contributed by atoms with E-state index in [0.29, 0.717) is 25.4 Å². The number of methoxy groups -OCH3 is 1. The van der Waals surface area contributed by atoms with Gasteiger partial charge in [0.25, 0.3) is 0 Å². The summed E-state index contributed by atoms with van der Waals surface area (Å²) in [5.41, 5.74) is 1.44. The van der Waals surface area contributed by atoms with Crippen molar-refractivity contribution in [1.82, 2.24) is 20.9 Å². The molecule has 0 aliphatic carbocycles. The lowest BCUT2D eigenvalue weighted by atomic mass is 10.3. The molecule has 1 unspecified atom stereocenters. The molecule has 1 aromatic heterocycles. The van der Waals surface area contributed by atoms with Crippen molar-refractivity contribution in [2.75, 3.05) is 20.3 Å². The number of nitrogens with zero attached hydrogens (tertiary/aromatic N) is 2. The Labute approximate surface area is 99.9 Å². The van der Waals surface area contributed by atoms with Crippen molar-refractivity contribution in [2.45, 2.75) is 26.4 Å². The van der Waals surface area contributed by atoms with Crippen LogP contribution in [0.5, 0.6) is 0 Å². The van der Waals surface area contributed by atoms with Gasteiger partial charge in [0.2, 0.25) is 5.91 Å². The number of aryl methyl sites for hydroxylation is 1. The molecule has 0 aliphatic rings. The number of carbonyl (C=O) groups excluding carboxylic acids is 1. The van der Waals surface area contributed by atoms with Gasteiger partial charge in [0.1, 0.15) is 11.4 Å². The van der Waals surface area contributed by atoms with Gasteiger partial charge in [-0.1, -0.05) is 10.3 Å². The van der Waals surface area contributed by atoms with E-state index in [9.17, 15) is 4.79 Å². The molecule has 1 aromatic rings. The van der Waals surface area contributed by atoms with Crippen molar-refractivity contribution >= 4 is 5.91 Å². The molecular weight excluding hydrogens is 224 g/mol. The van der Waals surface area contributed by atoms with Gasteiger partial charge in [-0.15, -0.1) is 0 Å². The topological polar surface area (TPSA) is 89.3 Å². The fourth-order valence-corrected chi connectivity index (χ4v) is 1.18. The summed E-state index contributed by atoms with van der Waals surface area (Å²) in [6.07, 6.45) is 0. The second-order valence-corrected chi connectivity index (χ2v) is 3.68. The Bertz CT molecular complexity index is 353. The van der Waals surface area contributed by atoms with Gasteiger partial charge < -0.3 is 15.4 Å². The second kappa shape index (κ2) is 6.97. The molecule has 96 valence electrons. The van der Waals surface area contributed by atoms with Gasteiger partial charge in [-0.2, -0.15) is 0 Å². The van der Waals surface area contributed by atoms with Gasteiger partial charge in [0.15, 0.2) is 0 Å². The van der Waals surface area contributed by atoms with Crippen LogP contribution in [0.15, 0.2) is 4.63 Å². The normalized spacial score (nSPS) is 12.4. The minimum Gasteiger partial charge on any atom is -0.383 e. The van der Waals surface area contributed by atoms with Crippen LogP contribution in [0, 0.1) is 6.92 Å². The molecule has 7 heteroatoms. The first-order chi connectivity index (χ1) is 8.15. The monoisotopic (exact) mass is 242 g/mol. The Balaban J connectivity index is 2.27. The minimum absolute atomic E-state index is 0.0730. The van der Waals surface area contributed by atoms with E-state index in [2.05, 4.69) is 25.6 Å². The summed E-state index contributed by atoms with van der Waals surface area (Å²) in [6.45, 7) is 5.05. The fourth-order valence-electron chi connectivity index (χ4n) is 1.18. The zero-order valence-electron chi connectivity index (χ0n) is 10.3. The van der Waals surface area contributed by atoms with Gasteiger partial charge in [-0.25, -0.2) is 4.63 Å². The summed E-state index contributed by atoms with van der Waals surface area (Å²) in [5.74, 6) is -0.0730. The second-order valence-electron chi connectivity index (χ2n) is 3.68. The first-order valence-electron chi connectivity index (χ1n) is 5.43. The van der Waals surface area contributed by atoms with Crippen LogP contribution in [0.1, 0.15) is 18.3 Å². The molecule has 1 rings (SSSR count). The highest BCUT2D eigenvalue weighted by molar-refractivity contribution is 5.81. The number of amides is 1. The number of hydrogen-bond donors (Lipinski definition) is 2. The fraction of sp³-hybridized carbons (Fsp3) is 0.700. The molecule has 0 spiro atoms. The van der Waals surface area contributed by atoms with Crippen LogP contribution in [-0.4, -0.2) is 42.5 Å². The van der Waals surface area contributed by atoms with Crippen molar-refractivity contribution in [1.29, 1.82) is 0 Å². The number of aromatic nitrogens is 2. The summed E-state index contributed by atoms with van der Waals surface area (Å²) in [7, 11) is 1.59. The van der Waals surface area contributed by atoms with Crippen LogP contribution in [0.25, 0.3) is 0 Å². The lowest BCUT2D eigenvalue weighted by Gasteiger charge is -2.12. The van der Waals surface area contributed by atoms with E-state index < -0.39 is 0 Å². The standard InChI is InChI=1S/C10H18N4O3/c1-7-9(14-17-13-7)6-12-8(2)10(15)11-4-5-16-3/h8,12H,4-6H2,1-3H3,(H,11,15). The Morgan fingerprint density at radius 1 is 1.53 bits per heavy atom. The first-order valence-corrected chi connectivity index (χ1v) is 5.43. The maximum atomic E-state index is 11.6. The molecule has 0 fully saturated rings. The summed E-state index contributed by atoms with van der Waals surface area (Å²) in [6, 6.07) is -0.303. The molecule has 1 heterocycles. The highest BCUT2D eigenvalue weighted by atomic mass is 16.6. The molecule has 17 heavy (non-hydrogen) atoms. The van der Waals surface area contributed by atoms with Crippen molar-refractivity contribution in [3.63, 3.8) is 0 Å². The highest BCUT2D eigenvalue weighted by Crippen LogP contribution is 1.99. The molecular formula is C10H18N4O3. The van der Waals surface area contributed by atoms with E-state index in [4.69, 9.17) is 4.74 Å². The van der Waals surface area contributed by atoms with E-state index in [-0.39, 0.29) is 11.9 Å². The summed E-state index contributed by atoms with van der Waals surface area (Å²) in [5, 5.41) is 13.2. The predicted molar refractivity (Wildman–Crippen MR) is 60.2 cm³/mol. The molecule has 1 amide bonds. The number of nitrogens with one attached hydrogen (secondary N) is 2. The first kappa shape index (κ1) is 13.6. The van der Waals surface area contributed by atoms with E-state index in [1.54, 1.807) is 21.0 Å². The van der Waals surface area contributed by atoms with E-state index in [1.165, 1.54) is 0 Å². The number of rotatable bonds is 7. The van der Waals surface area contributed by atoms with Crippen LogP contribution in [0.2, 0.25) is 0 Å². The van der Waals surface area contributed by atoms with Gasteiger partial charge >= 0.3 is 0 Å². The van der Waals surface area contributed by atoms with Crippen LogP contribution < -0.4 is 10.6 Å². The lowest BCUT2D eigenvalue weighted by Crippen LogP contribution is -2.42. The Morgan fingerprint density at radius 3 is 2.88 bits per heavy atom. The van der Waals surface area contributed by atoms with Gasteiger partial charge in [0, 0.05) is 20.2 Å². The summed E-state index contributed by atoms with van der Waals surface area (Å²) in [4.78, 5) is 11.6. The molecule has 0 aromatic carbocycles. The lowest BCUT2D eigenvalue weighted by molar-refractivity contribution is -0.123. The van der Waals surface area contributed by atoms with Crippen LogP contribution in [0.3, 0.4) is 0 Å². The predicted octanol–water partition coefficient (Wildman–Crippen LogP) is -0.381. The number of carbonyl (C=O) groups is 1. The van der Waals surface area contributed by atoms with E-state index in [1.807, 2.05) is 0 Å². The average molecular weight is 242 g/mol. The van der Waals surface area contributed by atoms with Crippen LogP contribution >= 0.6 is 0 Å². The molecule has 0 bridgehead atoms. The third-order valence-corrected chi connectivity index (χ3v) is 2.32. The maximum absolute atomic E-state index is 11.6. The third kappa shape index (κ3) is 4.49. The third-order valence-electron chi connectivity index (χ3n) is 2.32. The average Bonchev–Trinajstić information content (AvgIpc) is 2.72. The largest absolute Gasteiger partial charge is 0.383 e. The molecule has 0 aliphatic heterocycles. The Kier molecular flexibility index (Phi) is 5.58. The molecule has 0 saturated carbocycles. The maximum Gasteiger partial charge on any atom is 0.236 e. The zero-order chi connectivity index (χ0) is 12.7. The van der Waals surface area contributed by atoms with Gasteiger partial charge in [-0.3, -0.25) is 4.79 Å². The molecule has 0 saturated heterocycles. The Morgan fingerprint density at radius 2 is 2.29 bits per heavy atom. The van der Waals surface area contributed by atoms with Crippen LogP contribution in [0.4, 0.5) is 0 Å². The highest BCUT2D eigenvalue weighted by Gasteiger charge is 2.13. The smallest absolute Gasteiger partial charge is 0.236 e. The Hall–Kier alpha value is -1.47. The van der Waals surface area contributed by atoms with Crippen molar-refractivity contribution in [2.24, 2.45) is 0 Å². The van der Waals surface area contributed by atoms with E-state index in [0.717, 1.165) is 5.69 Å². The molecule has 0 radical (unpaired) electrons. The number of ether oxygens (including phenoxy) is 1. The molecule has 1 atom stereocenters. The quantitative estimate of drug-likeness (QED) is 0.633. The van der Waals surface area contributed by atoms with Crippen molar-refractivity contribution in [3.8, 4) is 0 Å². The SMILES string of the molecule is COCCNC(=O)C(C)NCc1nonc1C. The summed E-state index contributed by atoms with van der Waals surface area (Å²) >= 11 is 0. The molecule has 7 nitrogen and oxygen atoms in total. The summed E-state index contributed by atoms with van der Waals surface area (Å²) < 4.78 is 9.40. The van der Waals surface area contributed by atoms with Crippen molar-refractivity contribution in [3.05, 3.63) is 11.4 Å². The van der Waals surface area contributed by atoms with E-state index >= 15 is 0 Å². The van der Waals surface area contributed by atoms with Gasteiger partial charge in [-0.05, 0) is 13.8 Å². The number of hydrogen-bond acceptors (Lipinski definition) is 6. The van der Waals surface area contributed by atoms with Gasteiger partial charge in [0.05, 0.1) is 12.6 Å². The van der Waals surface area contributed by atoms with Crippen LogP contribution in [-0.2, 0) is 16.1 Å².